The summed E-state index contributed by atoms with van der Waals surface area (Å²) in [6.07, 6.45) is 0. The van der Waals surface area contributed by atoms with E-state index in [0.717, 1.165) is 0 Å². The van der Waals surface area contributed by atoms with E-state index in [0.29, 0.717) is 11.1 Å². The number of carbonyl (C=O) groups excluding carboxylic acids is 2. The summed E-state index contributed by atoms with van der Waals surface area (Å²) in [6.45, 7) is 0.700. The van der Waals surface area contributed by atoms with Crippen LogP contribution in [0, 0.1) is 0 Å². The van der Waals surface area contributed by atoms with Crippen LogP contribution in [0.3, 0.4) is 0 Å². The molecule has 1 N–H and O–H groups in total. The molecule has 1 unspecified atom stereocenters. The van der Waals surface area contributed by atoms with Crippen LogP contribution in [0.5, 0.6) is 5.75 Å². The fraction of sp³-hybridized carbons (Fsp3) is 0.385. The van der Waals surface area contributed by atoms with Gasteiger partial charge in [0.05, 0.1) is 25.9 Å². The summed E-state index contributed by atoms with van der Waals surface area (Å²) in [5.41, 5.74) is 0.134. The number of phenolic OH excluding ortho intramolecular Hbond substituents is 1. The highest BCUT2D eigenvalue weighted by Crippen LogP contribution is 2.24. The van der Waals surface area contributed by atoms with E-state index >= 15 is 0 Å². The maximum atomic E-state index is 12.5. The molecule has 1 heterocycles. The lowest BCUT2D eigenvalue weighted by molar-refractivity contribution is -0.151. The zero-order valence-corrected chi connectivity index (χ0v) is 12.4. The van der Waals surface area contributed by atoms with Crippen LogP contribution in [0.2, 0.25) is 0 Å². The van der Waals surface area contributed by atoms with E-state index in [9.17, 15) is 14.7 Å². The normalized spacial score (nSPS) is 18.7. The number of rotatable bonds is 2. The predicted octanol–water partition coefficient (Wildman–Crippen LogP) is 1.17. The Kier molecular flexibility index (Phi) is 4.61. The van der Waals surface area contributed by atoms with Gasteiger partial charge in [-0.15, -0.1) is 0 Å². The van der Waals surface area contributed by atoms with E-state index < -0.39 is 17.9 Å². The molecular weight excluding hydrogens is 330 g/mol. The van der Waals surface area contributed by atoms with Gasteiger partial charge in [-0.25, -0.2) is 4.79 Å². The number of esters is 1. The van der Waals surface area contributed by atoms with Crippen LogP contribution in [0.1, 0.15) is 10.4 Å². The summed E-state index contributed by atoms with van der Waals surface area (Å²) < 4.78 is 10.6. The van der Waals surface area contributed by atoms with Gasteiger partial charge in [-0.3, -0.25) is 4.79 Å². The average Bonchev–Trinajstić information content (AvgIpc) is 2.48. The van der Waals surface area contributed by atoms with Crippen molar-refractivity contribution in [2.24, 2.45) is 0 Å². The quantitative estimate of drug-likeness (QED) is 0.815. The molecular formula is C13H14BrNO5. The monoisotopic (exact) mass is 343 g/mol. The van der Waals surface area contributed by atoms with Gasteiger partial charge in [-0.1, -0.05) is 15.9 Å². The first-order valence-corrected chi connectivity index (χ1v) is 6.79. The summed E-state index contributed by atoms with van der Waals surface area (Å²) in [6, 6.07) is 3.77. The smallest absolute Gasteiger partial charge is 0.331 e. The summed E-state index contributed by atoms with van der Waals surface area (Å²) >= 11 is 3.25. The molecule has 1 fully saturated rings. The second-order valence-corrected chi connectivity index (χ2v) is 5.19. The Morgan fingerprint density at radius 2 is 2.25 bits per heavy atom. The second-order valence-electron chi connectivity index (χ2n) is 4.27. The number of ether oxygens (including phenoxy) is 2. The third kappa shape index (κ3) is 2.94. The molecule has 0 aromatic heterocycles. The molecule has 0 bridgehead atoms. The molecule has 0 radical (unpaired) electrons. The molecule has 108 valence electrons. The predicted molar refractivity (Wildman–Crippen MR) is 73.5 cm³/mol. The van der Waals surface area contributed by atoms with Gasteiger partial charge in [0.15, 0.2) is 6.04 Å². The Hall–Kier alpha value is -1.60. The molecule has 0 saturated carbocycles. The molecule has 1 saturated heterocycles. The van der Waals surface area contributed by atoms with Crippen LogP contribution in [0.15, 0.2) is 22.7 Å². The van der Waals surface area contributed by atoms with Crippen molar-refractivity contribution >= 4 is 27.8 Å². The number of halogens is 1. The molecule has 20 heavy (non-hydrogen) atoms. The molecule has 7 heteroatoms. The fourth-order valence-corrected chi connectivity index (χ4v) is 2.37. The molecule has 1 aromatic rings. The standard InChI is InChI=1S/C13H14BrNO5/c1-19-13(18)10-7-20-5-4-15(10)12(17)9-6-8(14)2-3-11(9)16/h2-3,6,10,16H,4-5,7H2,1H3. The Morgan fingerprint density at radius 3 is 2.95 bits per heavy atom. The first kappa shape index (κ1) is 14.8. The largest absolute Gasteiger partial charge is 0.507 e. The van der Waals surface area contributed by atoms with Gasteiger partial charge in [0.1, 0.15) is 5.75 Å². The number of phenols is 1. The van der Waals surface area contributed by atoms with Crippen LogP contribution < -0.4 is 0 Å². The van der Waals surface area contributed by atoms with Gasteiger partial charge >= 0.3 is 5.97 Å². The number of hydrogen-bond acceptors (Lipinski definition) is 5. The lowest BCUT2D eigenvalue weighted by Crippen LogP contribution is -2.53. The highest BCUT2D eigenvalue weighted by atomic mass is 79.9. The second kappa shape index (κ2) is 6.23. The molecule has 1 atom stereocenters. The molecule has 1 aromatic carbocycles. The first-order valence-electron chi connectivity index (χ1n) is 5.99. The van der Waals surface area contributed by atoms with E-state index in [2.05, 4.69) is 20.7 Å². The molecule has 0 spiro atoms. The molecule has 6 nitrogen and oxygen atoms in total. The Morgan fingerprint density at radius 1 is 1.50 bits per heavy atom. The van der Waals surface area contributed by atoms with Crippen molar-refractivity contribution in [3.05, 3.63) is 28.2 Å². The van der Waals surface area contributed by atoms with Gasteiger partial charge in [-0.2, -0.15) is 0 Å². The number of methoxy groups -OCH3 is 1. The zero-order chi connectivity index (χ0) is 14.7. The lowest BCUT2D eigenvalue weighted by Gasteiger charge is -2.33. The molecule has 1 aliphatic heterocycles. The summed E-state index contributed by atoms with van der Waals surface area (Å²) in [5, 5.41) is 9.80. The van der Waals surface area contributed by atoms with E-state index in [4.69, 9.17) is 4.74 Å². The average molecular weight is 344 g/mol. The number of benzene rings is 1. The minimum absolute atomic E-state index is 0.0905. The van der Waals surface area contributed by atoms with Crippen molar-refractivity contribution in [1.82, 2.24) is 4.90 Å². The van der Waals surface area contributed by atoms with Crippen molar-refractivity contribution in [2.75, 3.05) is 26.9 Å². The Labute approximate surface area is 124 Å². The first-order chi connectivity index (χ1) is 9.54. The fourth-order valence-electron chi connectivity index (χ4n) is 2.01. The maximum Gasteiger partial charge on any atom is 0.331 e. The van der Waals surface area contributed by atoms with Crippen molar-refractivity contribution in [3.8, 4) is 5.75 Å². The number of aromatic hydroxyl groups is 1. The third-order valence-corrected chi connectivity index (χ3v) is 3.54. The summed E-state index contributed by atoms with van der Waals surface area (Å²) in [5.74, 6) is -1.09. The van der Waals surface area contributed by atoms with Gasteiger partial charge in [-0.05, 0) is 18.2 Å². The third-order valence-electron chi connectivity index (χ3n) is 3.05. The topological polar surface area (TPSA) is 76.1 Å². The van der Waals surface area contributed by atoms with Crippen molar-refractivity contribution in [3.63, 3.8) is 0 Å². The minimum Gasteiger partial charge on any atom is -0.507 e. The van der Waals surface area contributed by atoms with Crippen molar-refractivity contribution in [2.45, 2.75) is 6.04 Å². The zero-order valence-electron chi connectivity index (χ0n) is 10.8. The summed E-state index contributed by atoms with van der Waals surface area (Å²) in [4.78, 5) is 25.5. The van der Waals surface area contributed by atoms with E-state index in [1.807, 2.05) is 0 Å². The number of amides is 1. The highest BCUT2D eigenvalue weighted by molar-refractivity contribution is 9.10. The number of nitrogens with zero attached hydrogens (tertiary/aromatic N) is 1. The van der Waals surface area contributed by atoms with Crippen molar-refractivity contribution < 1.29 is 24.2 Å². The van der Waals surface area contributed by atoms with Crippen LogP contribution in [0.25, 0.3) is 0 Å². The van der Waals surface area contributed by atoms with Crippen molar-refractivity contribution in [1.29, 1.82) is 0 Å². The van der Waals surface area contributed by atoms with Crippen LogP contribution in [-0.2, 0) is 14.3 Å². The Bertz CT molecular complexity index is 533. The number of hydrogen-bond donors (Lipinski definition) is 1. The van der Waals surface area contributed by atoms with Gasteiger partial charge < -0.3 is 19.5 Å². The SMILES string of the molecule is COC(=O)C1COCCN1C(=O)c1cc(Br)ccc1O. The molecule has 0 aliphatic carbocycles. The van der Waals surface area contributed by atoms with Gasteiger partial charge in [0.2, 0.25) is 0 Å². The number of carbonyl (C=O) groups is 2. The molecule has 1 aliphatic rings. The molecule has 2 rings (SSSR count). The van der Waals surface area contributed by atoms with Gasteiger partial charge in [0, 0.05) is 11.0 Å². The van der Waals surface area contributed by atoms with E-state index in [-0.39, 0.29) is 24.5 Å². The van der Waals surface area contributed by atoms with Gasteiger partial charge in [0.25, 0.3) is 5.91 Å². The molecule has 1 amide bonds. The lowest BCUT2D eigenvalue weighted by atomic mass is 10.1. The maximum absolute atomic E-state index is 12.5. The number of morpholine rings is 1. The van der Waals surface area contributed by atoms with Crippen LogP contribution in [-0.4, -0.2) is 54.8 Å². The Balaban J connectivity index is 2.30. The van der Waals surface area contributed by atoms with E-state index in [1.165, 1.54) is 24.1 Å². The van der Waals surface area contributed by atoms with Crippen LogP contribution in [0.4, 0.5) is 0 Å². The summed E-state index contributed by atoms with van der Waals surface area (Å²) in [7, 11) is 1.26. The highest BCUT2D eigenvalue weighted by Gasteiger charge is 2.35. The van der Waals surface area contributed by atoms with E-state index in [1.54, 1.807) is 6.07 Å². The van der Waals surface area contributed by atoms with Crippen LogP contribution >= 0.6 is 15.9 Å². The minimum atomic E-state index is -0.792.